The van der Waals surface area contributed by atoms with Crippen LogP contribution < -0.4 is 4.90 Å². The van der Waals surface area contributed by atoms with Crippen LogP contribution in [0.2, 0.25) is 0 Å². The zero-order valence-electron chi connectivity index (χ0n) is 21.9. The summed E-state index contributed by atoms with van der Waals surface area (Å²) in [6, 6.07) is 16.9. The number of hydrogen-bond donors (Lipinski definition) is 0. The fourth-order valence-corrected chi connectivity index (χ4v) is 5.87. The molecule has 0 unspecified atom stereocenters. The van der Waals surface area contributed by atoms with Crippen molar-refractivity contribution >= 4 is 27.6 Å². The van der Waals surface area contributed by atoms with Gasteiger partial charge in [0, 0.05) is 55.9 Å². The lowest BCUT2D eigenvalue weighted by Gasteiger charge is -2.32. The Morgan fingerprint density at radius 1 is 0.816 bits per heavy atom. The van der Waals surface area contributed by atoms with Gasteiger partial charge in [0.15, 0.2) is 0 Å². The van der Waals surface area contributed by atoms with Gasteiger partial charge in [0.2, 0.25) is 0 Å². The molecule has 0 spiro atoms. The van der Waals surface area contributed by atoms with Gasteiger partial charge in [-0.1, -0.05) is 30.3 Å². The Hall–Kier alpha value is -4.46. The van der Waals surface area contributed by atoms with Gasteiger partial charge in [-0.05, 0) is 55.0 Å². The summed E-state index contributed by atoms with van der Waals surface area (Å²) >= 11 is 0. The Morgan fingerprint density at radius 3 is 2.42 bits per heavy atom. The minimum atomic E-state index is 0.570. The summed E-state index contributed by atoms with van der Waals surface area (Å²) in [5.74, 6) is 1.59. The number of nitrogens with zero attached hydrogens (tertiary/aromatic N) is 8. The standard InChI is InChI=1S/C30H30N8/c1-20-6-4-8-25-29(24-7-5-9-27-26(24)19-36(3)33-27)34-38(30(20)25)23-10-11-28(31-17-23)37-14-12-21(13-15-37)22-16-32-35(2)18-22/h4-11,16-19,21H,12-15H2,1-3H3. The average molecular weight is 503 g/mol. The lowest BCUT2D eigenvalue weighted by Crippen LogP contribution is -2.33. The third-order valence-corrected chi connectivity index (χ3v) is 7.82. The van der Waals surface area contributed by atoms with Gasteiger partial charge in [-0.3, -0.25) is 9.36 Å². The van der Waals surface area contributed by atoms with Crippen molar-refractivity contribution in [1.29, 1.82) is 0 Å². The number of rotatable bonds is 4. The smallest absolute Gasteiger partial charge is 0.128 e. The van der Waals surface area contributed by atoms with Crippen LogP contribution in [0.1, 0.15) is 29.9 Å². The first kappa shape index (κ1) is 22.7. The van der Waals surface area contributed by atoms with E-state index < -0.39 is 0 Å². The van der Waals surface area contributed by atoms with Crippen LogP contribution in [0.25, 0.3) is 38.8 Å². The lowest BCUT2D eigenvalue weighted by molar-refractivity contribution is 0.502. The first-order valence-corrected chi connectivity index (χ1v) is 13.2. The maximum atomic E-state index is 5.16. The van der Waals surface area contributed by atoms with Gasteiger partial charge >= 0.3 is 0 Å². The summed E-state index contributed by atoms with van der Waals surface area (Å²) in [5.41, 5.74) is 7.61. The van der Waals surface area contributed by atoms with Gasteiger partial charge in [0.25, 0.3) is 0 Å². The number of benzene rings is 2. The van der Waals surface area contributed by atoms with E-state index in [-0.39, 0.29) is 0 Å². The van der Waals surface area contributed by atoms with E-state index in [1.807, 2.05) is 46.6 Å². The third-order valence-electron chi connectivity index (χ3n) is 7.82. The molecule has 0 amide bonds. The van der Waals surface area contributed by atoms with Crippen LogP contribution in [0, 0.1) is 6.92 Å². The zero-order chi connectivity index (χ0) is 25.8. The van der Waals surface area contributed by atoms with E-state index in [2.05, 4.69) is 76.9 Å². The van der Waals surface area contributed by atoms with Crippen molar-refractivity contribution in [2.24, 2.45) is 14.1 Å². The summed E-state index contributed by atoms with van der Waals surface area (Å²) in [7, 11) is 3.94. The molecule has 7 rings (SSSR count). The molecule has 4 aromatic heterocycles. The zero-order valence-corrected chi connectivity index (χ0v) is 21.9. The number of fused-ring (bicyclic) bond motifs is 2. The van der Waals surface area contributed by atoms with Crippen LogP contribution in [-0.2, 0) is 14.1 Å². The highest BCUT2D eigenvalue weighted by molar-refractivity contribution is 6.03. The molecular weight excluding hydrogens is 472 g/mol. The van der Waals surface area contributed by atoms with E-state index in [1.165, 1.54) is 11.1 Å². The molecule has 1 aliphatic heterocycles. The Morgan fingerprint density at radius 2 is 1.66 bits per heavy atom. The molecular formula is C30H30N8. The molecule has 190 valence electrons. The van der Waals surface area contributed by atoms with Crippen molar-refractivity contribution in [3.63, 3.8) is 0 Å². The number of hydrogen-bond acceptors (Lipinski definition) is 5. The van der Waals surface area contributed by atoms with Crippen LogP contribution in [0.4, 0.5) is 5.82 Å². The highest BCUT2D eigenvalue weighted by atomic mass is 15.3. The first-order chi connectivity index (χ1) is 18.5. The molecule has 0 radical (unpaired) electrons. The van der Waals surface area contributed by atoms with Gasteiger partial charge in [0.05, 0.1) is 29.1 Å². The van der Waals surface area contributed by atoms with E-state index in [9.17, 15) is 0 Å². The van der Waals surface area contributed by atoms with Crippen molar-refractivity contribution < 1.29 is 0 Å². The van der Waals surface area contributed by atoms with E-state index in [0.29, 0.717) is 5.92 Å². The van der Waals surface area contributed by atoms with Crippen molar-refractivity contribution in [2.75, 3.05) is 18.0 Å². The molecule has 0 saturated carbocycles. The predicted molar refractivity (Wildman–Crippen MR) is 151 cm³/mol. The summed E-state index contributed by atoms with van der Waals surface area (Å²) < 4.78 is 5.80. The van der Waals surface area contributed by atoms with Crippen molar-refractivity contribution in [1.82, 2.24) is 34.3 Å². The second-order valence-corrected chi connectivity index (χ2v) is 10.4. The highest BCUT2D eigenvalue weighted by Crippen LogP contribution is 2.35. The van der Waals surface area contributed by atoms with Crippen molar-refractivity contribution in [2.45, 2.75) is 25.7 Å². The second-order valence-electron chi connectivity index (χ2n) is 10.4. The molecule has 5 heterocycles. The van der Waals surface area contributed by atoms with E-state index >= 15 is 0 Å². The molecule has 8 nitrogen and oxygen atoms in total. The topological polar surface area (TPSA) is 69.6 Å². The fraction of sp³-hybridized carbons (Fsp3) is 0.267. The largest absolute Gasteiger partial charge is 0.357 e. The normalized spacial score (nSPS) is 14.7. The Bertz CT molecular complexity index is 1760. The average Bonchev–Trinajstić information content (AvgIpc) is 3.65. The summed E-state index contributed by atoms with van der Waals surface area (Å²) in [5, 5.41) is 16.3. The molecule has 0 bridgehead atoms. The van der Waals surface area contributed by atoms with Gasteiger partial charge in [0.1, 0.15) is 11.5 Å². The molecule has 8 heteroatoms. The highest BCUT2D eigenvalue weighted by Gasteiger charge is 2.23. The van der Waals surface area contributed by atoms with Crippen LogP contribution in [-0.4, -0.2) is 47.4 Å². The van der Waals surface area contributed by atoms with E-state index in [1.54, 1.807) is 0 Å². The van der Waals surface area contributed by atoms with Gasteiger partial charge in [-0.15, -0.1) is 0 Å². The Kier molecular flexibility index (Phi) is 5.28. The maximum absolute atomic E-state index is 5.16. The minimum absolute atomic E-state index is 0.570. The molecule has 0 N–H and O–H groups in total. The number of pyridine rings is 1. The SMILES string of the molecule is Cc1cccc2c(-c3cccc4nn(C)cc34)nn(-c3ccc(N4CCC(c5cnn(C)c5)CC4)nc3)c12. The molecule has 2 aromatic carbocycles. The molecule has 38 heavy (non-hydrogen) atoms. The van der Waals surface area contributed by atoms with Crippen LogP contribution in [0.5, 0.6) is 0 Å². The minimum Gasteiger partial charge on any atom is -0.357 e. The fourth-order valence-electron chi connectivity index (χ4n) is 5.87. The van der Waals surface area contributed by atoms with Gasteiger partial charge < -0.3 is 4.90 Å². The van der Waals surface area contributed by atoms with E-state index in [0.717, 1.165) is 70.5 Å². The quantitative estimate of drug-likeness (QED) is 0.323. The summed E-state index contributed by atoms with van der Waals surface area (Å²) in [6.07, 6.45) is 10.4. The number of piperidine rings is 1. The van der Waals surface area contributed by atoms with Crippen molar-refractivity contribution in [3.8, 4) is 16.9 Å². The molecule has 1 fully saturated rings. The molecule has 1 aliphatic rings. The second kappa shape index (κ2) is 8.83. The molecule has 1 saturated heterocycles. The van der Waals surface area contributed by atoms with Crippen LogP contribution >= 0.6 is 0 Å². The number of aromatic nitrogens is 7. The molecule has 0 atom stereocenters. The van der Waals surface area contributed by atoms with Crippen LogP contribution in [0.3, 0.4) is 0 Å². The van der Waals surface area contributed by atoms with Crippen molar-refractivity contribution in [3.05, 3.63) is 84.4 Å². The van der Waals surface area contributed by atoms with E-state index in [4.69, 9.17) is 10.1 Å². The van der Waals surface area contributed by atoms with Crippen LogP contribution in [0.15, 0.2) is 73.3 Å². The van der Waals surface area contributed by atoms with Gasteiger partial charge in [-0.25, -0.2) is 9.67 Å². The first-order valence-electron chi connectivity index (χ1n) is 13.2. The predicted octanol–water partition coefficient (Wildman–Crippen LogP) is 5.40. The molecule has 0 aliphatic carbocycles. The Balaban J connectivity index is 1.22. The number of aryl methyl sites for hydroxylation is 3. The Labute approximate surface area is 221 Å². The number of anilines is 1. The third kappa shape index (κ3) is 3.75. The summed E-state index contributed by atoms with van der Waals surface area (Å²) in [6.45, 7) is 4.13. The number of para-hydroxylation sites is 1. The summed E-state index contributed by atoms with van der Waals surface area (Å²) in [4.78, 5) is 7.27. The molecule has 6 aromatic rings. The van der Waals surface area contributed by atoms with Gasteiger partial charge in [-0.2, -0.15) is 15.3 Å². The lowest BCUT2D eigenvalue weighted by atomic mass is 9.91. The maximum Gasteiger partial charge on any atom is 0.128 e. The monoisotopic (exact) mass is 502 g/mol.